The van der Waals surface area contributed by atoms with Gasteiger partial charge in [-0.05, 0) is 30.2 Å². The molecule has 1 aliphatic rings. The van der Waals surface area contributed by atoms with E-state index in [2.05, 4.69) is 10.6 Å². The third-order valence-electron chi connectivity index (χ3n) is 3.62. The Hall–Kier alpha value is -2.96. The van der Waals surface area contributed by atoms with Crippen molar-refractivity contribution in [2.24, 2.45) is 5.92 Å². The third-order valence-corrected chi connectivity index (χ3v) is 3.62. The van der Waals surface area contributed by atoms with Crippen LogP contribution < -0.4 is 20.1 Å². The highest BCUT2D eigenvalue weighted by Gasteiger charge is 2.26. The summed E-state index contributed by atoms with van der Waals surface area (Å²) in [4.78, 5) is 24.6. The second-order valence-electron chi connectivity index (χ2n) is 5.73. The average Bonchev–Trinajstić information content (AvgIpc) is 3.22. The van der Waals surface area contributed by atoms with Crippen molar-refractivity contribution in [1.82, 2.24) is 5.32 Å². The lowest BCUT2D eigenvalue weighted by atomic mass is 10.0. The van der Waals surface area contributed by atoms with Crippen LogP contribution in [-0.4, -0.2) is 24.6 Å². The van der Waals surface area contributed by atoms with Crippen molar-refractivity contribution in [3.63, 3.8) is 0 Å². The normalized spacial score (nSPS) is 13.6. The molecule has 1 aromatic carbocycles. The molecule has 0 saturated carbocycles. The van der Waals surface area contributed by atoms with Crippen LogP contribution in [-0.2, 0) is 4.79 Å². The molecule has 1 atom stereocenters. The van der Waals surface area contributed by atoms with Crippen LogP contribution in [0, 0.1) is 5.92 Å². The van der Waals surface area contributed by atoms with Crippen LogP contribution >= 0.6 is 0 Å². The van der Waals surface area contributed by atoms with Crippen molar-refractivity contribution in [1.29, 1.82) is 0 Å². The Kier molecular flexibility index (Phi) is 4.41. The van der Waals surface area contributed by atoms with Gasteiger partial charge in [-0.15, -0.1) is 0 Å². The summed E-state index contributed by atoms with van der Waals surface area (Å²) in [6, 6.07) is 7.59. The van der Waals surface area contributed by atoms with Gasteiger partial charge in [-0.3, -0.25) is 9.59 Å². The number of amides is 2. The highest BCUT2D eigenvalue weighted by Crippen LogP contribution is 2.34. The van der Waals surface area contributed by atoms with E-state index >= 15 is 0 Å². The molecule has 7 heteroatoms. The summed E-state index contributed by atoms with van der Waals surface area (Å²) in [5.74, 6) is 0.533. The minimum Gasteiger partial charge on any atom is -0.459 e. The minimum atomic E-state index is -0.701. The van der Waals surface area contributed by atoms with Crippen molar-refractivity contribution in [3.8, 4) is 11.5 Å². The van der Waals surface area contributed by atoms with Gasteiger partial charge >= 0.3 is 0 Å². The molecule has 1 aliphatic heterocycles. The molecule has 0 fully saturated rings. The molecule has 1 unspecified atom stereocenters. The standard InChI is InChI=1S/C17H18N2O5/c1-10(2)15(19-16(20)13-4-3-7-22-13)17(21)18-11-5-6-12-14(8-11)24-9-23-12/h3-8,10,15H,9H2,1-2H3,(H,18,21)(H,19,20). The number of carbonyl (C=O) groups is 2. The highest BCUT2D eigenvalue weighted by molar-refractivity contribution is 6.00. The van der Waals surface area contributed by atoms with Crippen molar-refractivity contribution < 1.29 is 23.5 Å². The number of fused-ring (bicyclic) bond motifs is 1. The van der Waals surface area contributed by atoms with Crippen LogP contribution in [0.3, 0.4) is 0 Å². The van der Waals surface area contributed by atoms with E-state index in [-0.39, 0.29) is 24.4 Å². The topological polar surface area (TPSA) is 89.8 Å². The monoisotopic (exact) mass is 330 g/mol. The maximum absolute atomic E-state index is 12.5. The molecule has 3 rings (SSSR count). The van der Waals surface area contributed by atoms with E-state index in [1.165, 1.54) is 6.26 Å². The molecule has 0 radical (unpaired) electrons. The van der Waals surface area contributed by atoms with E-state index in [9.17, 15) is 9.59 Å². The quantitative estimate of drug-likeness (QED) is 0.878. The first-order chi connectivity index (χ1) is 11.5. The SMILES string of the molecule is CC(C)C(NC(=O)c1ccco1)C(=O)Nc1ccc2c(c1)OCO2. The summed E-state index contributed by atoms with van der Waals surface area (Å²) >= 11 is 0. The van der Waals surface area contributed by atoms with E-state index in [0.717, 1.165) is 0 Å². The number of rotatable bonds is 5. The molecule has 0 spiro atoms. The van der Waals surface area contributed by atoms with Crippen LogP contribution in [0.5, 0.6) is 11.5 Å². The van der Waals surface area contributed by atoms with Gasteiger partial charge in [-0.25, -0.2) is 0 Å². The lowest BCUT2D eigenvalue weighted by Gasteiger charge is -2.21. The Morgan fingerprint density at radius 3 is 2.62 bits per heavy atom. The fourth-order valence-corrected chi connectivity index (χ4v) is 2.35. The number of benzene rings is 1. The van der Waals surface area contributed by atoms with Gasteiger partial charge in [-0.2, -0.15) is 0 Å². The van der Waals surface area contributed by atoms with Gasteiger partial charge in [0.1, 0.15) is 6.04 Å². The van der Waals surface area contributed by atoms with E-state index < -0.39 is 11.9 Å². The summed E-state index contributed by atoms with van der Waals surface area (Å²) in [5.41, 5.74) is 0.571. The number of hydrogen-bond donors (Lipinski definition) is 2. The first-order valence-corrected chi connectivity index (χ1v) is 7.59. The molecule has 126 valence electrons. The summed E-state index contributed by atoms with van der Waals surface area (Å²) < 4.78 is 15.6. The van der Waals surface area contributed by atoms with Gasteiger partial charge in [0, 0.05) is 11.8 Å². The Bertz CT molecular complexity index is 739. The first-order valence-electron chi connectivity index (χ1n) is 7.59. The van der Waals surface area contributed by atoms with Gasteiger partial charge in [0.15, 0.2) is 17.3 Å². The van der Waals surface area contributed by atoms with Gasteiger partial charge in [-0.1, -0.05) is 13.8 Å². The summed E-state index contributed by atoms with van der Waals surface area (Å²) in [6.45, 7) is 3.87. The zero-order chi connectivity index (χ0) is 17.1. The summed E-state index contributed by atoms with van der Waals surface area (Å²) in [7, 11) is 0. The zero-order valence-electron chi connectivity index (χ0n) is 13.4. The maximum atomic E-state index is 12.5. The average molecular weight is 330 g/mol. The molecule has 0 aliphatic carbocycles. The first kappa shape index (κ1) is 15.9. The van der Waals surface area contributed by atoms with Crippen molar-refractivity contribution in [3.05, 3.63) is 42.4 Å². The summed E-state index contributed by atoms with van der Waals surface area (Å²) in [5, 5.41) is 5.47. The molecule has 0 bridgehead atoms. The molecule has 2 N–H and O–H groups in total. The Morgan fingerprint density at radius 1 is 1.12 bits per heavy atom. The number of anilines is 1. The fraction of sp³-hybridized carbons (Fsp3) is 0.294. The van der Waals surface area contributed by atoms with Gasteiger partial charge in [0.2, 0.25) is 12.7 Å². The van der Waals surface area contributed by atoms with Crippen LogP contribution in [0.25, 0.3) is 0 Å². The second-order valence-corrected chi connectivity index (χ2v) is 5.73. The smallest absolute Gasteiger partial charge is 0.287 e. The largest absolute Gasteiger partial charge is 0.459 e. The lowest BCUT2D eigenvalue weighted by Crippen LogP contribution is -2.47. The van der Waals surface area contributed by atoms with Crippen LogP contribution in [0.15, 0.2) is 41.0 Å². The predicted octanol–water partition coefficient (Wildman–Crippen LogP) is 2.40. The number of furan rings is 1. The maximum Gasteiger partial charge on any atom is 0.287 e. The van der Waals surface area contributed by atoms with Crippen molar-refractivity contribution >= 4 is 17.5 Å². The minimum absolute atomic E-state index is 0.0991. The van der Waals surface area contributed by atoms with Gasteiger partial charge < -0.3 is 24.5 Å². The van der Waals surface area contributed by atoms with Crippen molar-refractivity contribution in [2.45, 2.75) is 19.9 Å². The van der Waals surface area contributed by atoms with Crippen LogP contribution in [0.2, 0.25) is 0 Å². The second kappa shape index (κ2) is 6.66. The van der Waals surface area contributed by atoms with E-state index in [1.54, 1.807) is 30.3 Å². The highest BCUT2D eigenvalue weighted by atomic mass is 16.7. The summed E-state index contributed by atoms with van der Waals surface area (Å²) in [6.07, 6.45) is 1.41. The fourth-order valence-electron chi connectivity index (χ4n) is 2.35. The van der Waals surface area contributed by atoms with Gasteiger partial charge in [0.05, 0.1) is 6.26 Å². The molecular formula is C17H18N2O5. The molecule has 1 aromatic heterocycles. The van der Waals surface area contributed by atoms with Crippen LogP contribution in [0.1, 0.15) is 24.4 Å². The Balaban J connectivity index is 1.69. The van der Waals surface area contributed by atoms with Gasteiger partial charge in [0.25, 0.3) is 5.91 Å². The molecule has 7 nitrogen and oxygen atoms in total. The number of nitrogens with one attached hydrogen (secondary N) is 2. The molecule has 0 saturated heterocycles. The third kappa shape index (κ3) is 3.34. The van der Waals surface area contributed by atoms with E-state index in [1.807, 2.05) is 13.8 Å². The molecule has 24 heavy (non-hydrogen) atoms. The molecule has 2 amide bonds. The Morgan fingerprint density at radius 2 is 1.92 bits per heavy atom. The van der Waals surface area contributed by atoms with E-state index in [0.29, 0.717) is 17.2 Å². The molecule has 2 heterocycles. The zero-order valence-corrected chi connectivity index (χ0v) is 13.4. The number of hydrogen-bond acceptors (Lipinski definition) is 5. The predicted molar refractivity (Wildman–Crippen MR) is 86.0 cm³/mol. The number of ether oxygens (including phenoxy) is 2. The van der Waals surface area contributed by atoms with E-state index in [4.69, 9.17) is 13.9 Å². The molecular weight excluding hydrogens is 312 g/mol. The number of carbonyl (C=O) groups excluding carboxylic acids is 2. The van der Waals surface area contributed by atoms with Crippen LogP contribution in [0.4, 0.5) is 5.69 Å². The Labute approximate surface area is 138 Å². The lowest BCUT2D eigenvalue weighted by molar-refractivity contribution is -0.118. The molecule has 2 aromatic rings. The van der Waals surface area contributed by atoms with Crippen molar-refractivity contribution in [2.75, 3.05) is 12.1 Å².